The van der Waals surface area contributed by atoms with Crippen molar-refractivity contribution in [1.29, 1.82) is 0 Å². The first-order chi connectivity index (χ1) is 5.85. The lowest BCUT2D eigenvalue weighted by atomic mass is 10.3. The summed E-state index contributed by atoms with van der Waals surface area (Å²) in [6, 6.07) is 0. The van der Waals surface area contributed by atoms with Gasteiger partial charge in [-0.15, -0.1) is 5.54 Å². The summed E-state index contributed by atoms with van der Waals surface area (Å²) in [6.45, 7) is 9.88. The zero-order valence-electron chi connectivity index (χ0n) is 9.10. The third-order valence-corrected chi connectivity index (χ3v) is 2.18. The molecular weight excluding hydrogens is 180 g/mol. The minimum Gasteiger partial charge on any atom is -0.449 e. The number of carbonyl (C=O) groups is 1. The molecule has 0 aromatic heterocycles. The van der Waals surface area contributed by atoms with E-state index in [0.29, 0.717) is 0 Å². The van der Waals surface area contributed by atoms with Crippen LogP contribution in [0.15, 0.2) is 0 Å². The van der Waals surface area contributed by atoms with Crippen molar-refractivity contribution in [1.82, 2.24) is 0 Å². The van der Waals surface area contributed by atoms with Gasteiger partial charge in [0.2, 0.25) is 0 Å². The highest BCUT2D eigenvalue weighted by molar-refractivity contribution is 6.83. The van der Waals surface area contributed by atoms with Crippen molar-refractivity contribution < 1.29 is 9.53 Å². The molecule has 0 aromatic carbocycles. The number of hydrogen-bond acceptors (Lipinski definition) is 2. The van der Waals surface area contributed by atoms with Gasteiger partial charge >= 0.3 is 5.97 Å². The summed E-state index contributed by atoms with van der Waals surface area (Å²) in [5.41, 5.74) is 3.19. The molecule has 0 saturated heterocycles. The van der Waals surface area contributed by atoms with Crippen LogP contribution in [-0.2, 0) is 9.53 Å². The van der Waals surface area contributed by atoms with Crippen molar-refractivity contribution in [3.8, 4) is 11.5 Å². The molecule has 3 heteroatoms. The van der Waals surface area contributed by atoms with Gasteiger partial charge in [0.05, 0.1) is 0 Å². The van der Waals surface area contributed by atoms with Gasteiger partial charge in [0, 0.05) is 6.92 Å². The fourth-order valence-electron chi connectivity index (χ4n) is 0.712. The van der Waals surface area contributed by atoms with Crippen LogP contribution in [0.5, 0.6) is 0 Å². The van der Waals surface area contributed by atoms with E-state index in [1.165, 1.54) is 6.92 Å². The van der Waals surface area contributed by atoms with Crippen LogP contribution in [0.3, 0.4) is 0 Å². The van der Waals surface area contributed by atoms with E-state index in [1.807, 2.05) is 6.92 Å². The van der Waals surface area contributed by atoms with E-state index in [0.717, 1.165) is 6.42 Å². The molecule has 0 fully saturated rings. The van der Waals surface area contributed by atoms with E-state index in [1.54, 1.807) is 0 Å². The molecule has 74 valence electrons. The van der Waals surface area contributed by atoms with Crippen LogP contribution < -0.4 is 0 Å². The second kappa shape index (κ2) is 5.08. The third kappa shape index (κ3) is 7.60. The summed E-state index contributed by atoms with van der Waals surface area (Å²) in [5.74, 6) is 2.76. The van der Waals surface area contributed by atoms with Crippen LogP contribution >= 0.6 is 0 Å². The summed E-state index contributed by atoms with van der Waals surface area (Å²) in [6.07, 6.45) is 0.543. The van der Waals surface area contributed by atoms with Gasteiger partial charge in [0.15, 0.2) is 6.10 Å². The summed E-state index contributed by atoms with van der Waals surface area (Å²) in [4.78, 5) is 10.7. The maximum Gasteiger partial charge on any atom is 0.303 e. The molecule has 0 N–H and O–H groups in total. The van der Waals surface area contributed by atoms with Crippen molar-refractivity contribution in [2.45, 2.75) is 46.0 Å². The molecule has 0 rings (SSSR count). The minimum atomic E-state index is -1.34. The van der Waals surface area contributed by atoms with E-state index in [4.69, 9.17) is 4.74 Å². The smallest absolute Gasteiger partial charge is 0.303 e. The van der Waals surface area contributed by atoms with Gasteiger partial charge in [0.1, 0.15) is 8.07 Å². The molecule has 0 aliphatic rings. The third-order valence-electron chi connectivity index (χ3n) is 1.29. The second-order valence-corrected chi connectivity index (χ2v) is 8.78. The van der Waals surface area contributed by atoms with Crippen LogP contribution in [0, 0.1) is 11.5 Å². The predicted octanol–water partition coefficient (Wildman–Crippen LogP) is 2.21. The zero-order chi connectivity index (χ0) is 10.5. The summed E-state index contributed by atoms with van der Waals surface area (Å²) in [5, 5.41) is 0. The van der Waals surface area contributed by atoms with Gasteiger partial charge in [-0.05, 0) is 6.42 Å². The van der Waals surface area contributed by atoms with Gasteiger partial charge in [-0.3, -0.25) is 4.79 Å². The van der Waals surface area contributed by atoms with Crippen LogP contribution in [0.2, 0.25) is 19.6 Å². The fraction of sp³-hybridized carbons (Fsp3) is 0.700. The lowest BCUT2D eigenvalue weighted by Crippen LogP contribution is -2.19. The highest BCUT2D eigenvalue weighted by Gasteiger charge is 2.10. The molecule has 13 heavy (non-hydrogen) atoms. The van der Waals surface area contributed by atoms with Gasteiger partial charge < -0.3 is 4.74 Å². The van der Waals surface area contributed by atoms with Crippen molar-refractivity contribution in [2.24, 2.45) is 0 Å². The maximum atomic E-state index is 10.7. The van der Waals surface area contributed by atoms with Gasteiger partial charge in [-0.2, -0.15) is 0 Å². The van der Waals surface area contributed by atoms with E-state index in [9.17, 15) is 4.79 Å². The van der Waals surface area contributed by atoms with Crippen LogP contribution in [-0.4, -0.2) is 20.1 Å². The number of ether oxygens (including phenoxy) is 1. The van der Waals surface area contributed by atoms with E-state index in [2.05, 4.69) is 31.1 Å². The Hall–Kier alpha value is -0.753. The number of esters is 1. The SMILES string of the molecule is CCC(C#C[Si](C)(C)C)OC(C)=O. The number of carbonyl (C=O) groups excluding carboxylic acids is 1. The summed E-state index contributed by atoms with van der Waals surface area (Å²) < 4.78 is 5.00. The van der Waals surface area contributed by atoms with Crippen molar-refractivity contribution in [3.63, 3.8) is 0 Å². The van der Waals surface area contributed by atoms with Crippen molar-refractivity contribution >= 4 is 14.0 Å². The van der Waals surface area contributed by atoms with Crippen LogP contribution in [0.4, 0.5) is 0 Å². The predicted molar refractivity (Wildman–Crippen MR) is 57.0 cm³/mol. The van der Waals surface area contributed by atoms with Gasteiger partial charge in [-0.1, -0.05) is 32.5 Å². The van der Waals surface area contributed by atoms with Crippen LogP contribution in [0.1, 0.15) is 20.3 Å². The monoisotopic (exact) mass is 198 g/mol. The Bertz CT molecular complexity index is 230. The number of rotatable bonds is 2. The zero-order valence-corrected chi connectivity index (χ0v) is 10.1. The lowest BCUT2D eigenvalue weighted by Gasteiger charge is -2.09. The first kappa shape index (κ1) is 12.2. The molecule has 1 atom stereocenters. The highest BCUT2D eigenvalue weighted by atomic mass is 28.3. The lowest BCUT2D eigenvalue weighted by molar-refractivity contribution is -0.143. The molecule has 0 saturated carbocycles. The van der Waals surface area contributed by atoms with E-state index >= 15 is 0 Å². The first-order valence-electron chi connectivity index (χ1n) is 4.55. The maximum absolute atomic E-state index is 10.7. The second-order valence-electron chi connectivity index (χ2n) is 4.03. The standard InChI is InChI=1S/C10H18O2Si/c1-6-10(12-9(2)11)7-8-13(3,4)5/h10H,6H2,1-5H3. The average molecular weight is 198 g/mol. The Balaban J connectivity index is 4.25. The molecule has 0 amide bonds. The van der Waals surface area contributed by atoms with E-state index < -0.39 is 8.07 Å². The Labute approximate surface area is 81.7 Å². The largest absolute Gasteiger partial charge is 0.449 e. The van der Waals surface area contributed by atoms with Gasteiger partial charge in [0.25, 0.3) is 0 Å². The Kier molecular flexibility index (Phi) is 4.79. The number of hydrogen-bond donors (Lipinski definition) is 0. The van der Waals surface area contributed by atoms with Crippen molar-refractivity contribution in [2.75, 3.05) is 0 Å². The highest BCUT2D eigenvalue weighted by Crippen LogP contribution is 2.00. The summed E-state index contributed by atoms with van der Waals surface area (Å²) >= 11 is 0. The molecule has 1 unspecified atom stereocenters. The molecule has 0 aromatic rings. The normalized spacial score (nSPS) is 12.7. The molecule has 0 radical (unpaired) electrons. The summed E-state index contributed by atoms with van der Waals surface area (Å²) in [7, 11) is -1.34. The van der Waals surface area contributed by atoms with E-state index in [-0.39, 0.29) is 12.1 Å². The minimum absolute atomic E-state index is 0.218. The van der Waals surface area contributed by atoms with Crippen LogP contribution in [0.25, 0.3) is 0 Å². The molecule has 0 bridgehead atoms. The molecular formula is C10H18O2Si. The quantitative estimate of drug-likeness (QED) is 0.386. The molecule has 0 heterocycles. The first-order valence-corrected chi connectivity index (χ1v) is 8.05. The Morgan fingerprint density at radius 1 is 1.46 bits per heavy atom. The average Bonchev–Trinajstić information content (AvgIpc) is 1.95. The molecule has 0 aliphatic carbocycles. The van der Waals surface area contributed by atoms with Crippen molar-refractivity contribution in [3.05, 3.63) is 0 Å². The Morgan fingerprint density at radius 3 is 2.31 bits per heavy atom. The topological polar surface area (TPSA) is 26.3 Å². The van der Waals surface area contributed by atoms with Gasteiger partial charge in [-0.25, -0.2) is 0 Å². The molecule has 2 nitrogen and oxygen atoms in total. The molecule has 0 aliphatic heterocycles. The molecule has 0 spiro atoms. The Morgan fingerprint density at radius 2 is 2.00 bits per heavy atom. The fourth-order valence-corrected chi connectivity index (χ4v) is 1.31.